The van der Waals surface area contributed by atoms with Crippen molar-refractivity contribution in [3.8, 4) is 0 Å². The standard InChI is InChI=1S/C22H30F2N4O2S/c1-15-11-26(12-16(2)30-15)13-17-7-9-27(10-8-17)20(29)14-28-19-6-4-3-5-18(19)25-22(28)31-21(23)24/h3-6,15-17,21H,7-14H2,1-2H3. The molecule has 9 heteroatoms. The van der Waals surface area contributed by atoms with Crippen LogP contribution in [0.4, 0.5) is 8.78 Å². The van der Waals surface area contributed by atoms with E-state index in [1.807, 2.05) is 23.1 Å². The summed E-state index contributed by atoms with van der Waals surface area (Å²) in [4.78, 5) is 21.6. The van der Waals surface area contributed by atoms with Gasteiger partial charge in [0.1, 0.15) is 6.54 Å². The molecule has 1 aromatic heterocycles. The molecule has 4 rings (SSSR count). The van der Waals surface area contributed by atoms with Crippen LogP contribution < -0.4 is 0 Å². The Morgan fingerprint density at radius 3 is 2.55 bits per heavy atom. The number of carbonyl (C=O) groups excluding carboxylic acids is 1. The average Bonchev–Trinajstić information content (AvgIpc) is 3.04. The number of hydrogen-bond donors (Lipinski definition) is 0. The fourth-order valence-corrected chi connectivity index (χ4v) is 5.38. The van der Waals surface area contributed by atoms with E-state index in [2.05, 4.69) is 23.7 Å². The molecular weight excluding hydrogens is 422 g/mol. The first kappa shape index (κ1) is 22.5. The summed E-state index contributed by atoms with van der Waals surface area (Å²) in [5.74, 6) is -2.04. The molecule has 2 saturated heterocycles. The summed E-state index contributed by atoms with van der Waals surface area (Å²) < 4.78 is 33.5. The van der Waals surface area contributed by atoms with Crippen molar-refractivity contribution >= 4 is 28.7 Å². The molecule has 2 aliphatic rings. The lowest BCUT2D eigenvalue weighted by molar-refractivity contribution is -0.133. The van der Waals surface area contributed by atoms with Gasteiger partial charge in [-0.05, 0) is 56.5 Å². The van der Waals surface area contributed by atoms with Crippen LogP contribution in [0.1, 0.15) is 26.7 Å². The van der Waals surface area contributed by atoms with Crippen molar-refractivity contribution in [2.45, 2.75) is 56.4 Å². The largest absolute Gasteiger partial charge is 0.373 e. The molecule has 0 saturated carbocycles. The molecule has 31 heavy (non-hydrogen) atoms. The van der Waals surface area contributed by atoms with Gasteiger partial charge in [0.2, 0.25) is 5.91 Å². The van der Waals surface area contributed by atoms with E-state index in [0.717, 1.165) is 32.5 Å². The van der Waals surface area contributed by atoms with Crippen molar-refractivity contribution in [3.63, 3.8) is 0 Å². The summed E-state index contributed by atoms with van der Waals surface area (Å²) in [6, 6.07) is 7.26. The number of alkyl halides is 2. The Labute approximate surface area is 185 Å². The lowest BCUT2D eigenvalue weighted by atomic mass is 9.95. The summed E-state index contributed by atoms with van der Waals surface area (Å²) in [6.45, 7) is 8.66. The normalized spacial score (nSPS) is 23.7. The van der Waals surface area contributed by atoms with E-state index in [1.54, 1.807) is 10.6 Å². The monoisotopic (exact) mass is 452 g/mol. The summed E-state index contributed by atoms with van der Waals surface area (Å²) in [6.07, 6.45) is 2.45. The highest BCUT2D eigenvalue weighted by Gasteiger charge is 2.28. The van der Waals surface area contributed by atoms with Crippen molar-refractivity contribution < 1.29 is 18.3 Å². The summed E-state index contributed by atoms with van der Waals surface area (Å²) in [5, 5.41) is 0.190. The van der Waals surface area contributed by atoms with Gasteiger partial charge in [0, 0.05) is 32.7 Å². The van der Waals surface area contributed by atoms with Crippen LogP contribution in [0.25, 0.3) is 11.0 Å². The Hall–Kier alpha value is -1.71. The van der Waals surface area contributed by atoms with Gasteiger partial charge in [-0.1, -0.05) is 12.1 Å². The number of aromatic nitrogens is 2. The minimum atomic E-state index is -2.58. The lowest BCUT2D eigenvalue weighted by Crippen LogP contribution is -2.49. The number of ether oxygens (including phenoxy) is 1. The molecule has 0 bridgehead atoms. The topological polar surface area (TPSA) is 50.6 Å². The van der Waals surface area contributed by atoms with Gasteiger partial charge in [-0.25, -0.2) is 4.98 Å². The molecule has 0 spiro atoms. The smallest absolute Gasteiger partial charge is 0.291 e. The molecule has 6 nitrogen and oxygen atoms in total. The SMILES string of the molecule is CC1CN(CC2CCN(C(=O)Cn3c(SC(F)F)nc4ccccc43)CC2)CC(C)O1. The molecule has 0 aliphatic carbocycles. The number of benzene rings is 1. The number of piperidine rings is 1. The summed E-state index contributed by atoms with van der Waals surface area (Å²) in [5.41, 5.74) is 1.34. The molecule has 2 atom stereocenters. The highest BCUT2D eigenvalue weighted by molar-refractivity contribution is 7.99. The van der Waals surface area contributed by atoms with Crippen LogP contribution >= 0.6 is 11.8 Å². The third-order valence-electron chi connectivity index (χ3n) is 6.09. The minimum absolute atomic E-state index is 0.0358. The summed E-state index contributed by atoms with van der Waals surface area (Å²) >= 11 is 0.392. The van der Waals surface area contributed by atoms with E-state index < -0.39 is 5.76 Å². The van der Waals surface area contributed by atoms with Crippen molar-refractivity contribution in [2.75, 3.05) is 32.7 Å². The van der Waals surface area contributed by atoms with E-state index in [0.29, 0.717) is 41.8 Å². The number of hydrogen-bond acceptors (Lipinski definition) is 5. The van der Waals surface area contributed by atoms with Gasteiger partial charge in [-0.2, -0.15) is 8.78 Å². The quantitative estimate of drug-likeness (QED) is 0.626. The van der Waals surface area contributed by atoms with Gasteiger partial charge in [0.05, 0.1) is 23.2 Å². The van der Waals surface area contributed by atoms with Crippen LogP contribution in [0.3, 0.4) is 0 Å². The van der Waals surface area contributed by atoms with Gasteiger partial charge in [0.25, 0.3) is 5.76 Å². The van der Waals surface area contributed by atoms with E-state index in [1.165, 1.54) is 0 Å². The molecule has 170 valence electrons. The fourth-order valence-electron chi connectivity index (χ4n) is 4.77. The van der Waals surface area contributed by atoms with Crippen LogP contribution in [0.5, 0.6) is 0 Å². The van der Waals surface area contributed by atoms with Crippen molar-refractivity contribution in [2.24, 2.45) is 5.92 Å². The molecule has 3 heterocycles. The molecule has 1 amide bonds. The third kappa shape index (κ3) is 5.56. The molecular formula is C22H30F2N4O2S. The predicted octanol–water partition coefficient (Wildman–Crippen LogP) is 3.70. The molecule has 2 fully saturated rings. The Kier molecular flexibility index (Phi) is 7.13. The number of thioether (sulfide) groups is 1. The number of rotatable bonds is 6. The Morgan fingerprint density at radius 1 is 1.19 bits per heavy atom. The zero-order chi connectivity index (χ0) is 22.0. The number of para-hydroxylation sites is 2. The Bertz CT molecular complexity index is 891. The summed E-state index contributed by atoms with van der Waals surface area (Å²) in [7, 11) is 0. The molecule has 2 aromatic rings. The van der Waals surface area contributed by atoms with E-state index in [4.69, 9.17) is 4.74 Å². The van der Waals surface area contributed by atoms with E-state index in [9.17, 15) is 13.6 Å². The second kappa shape index (κ2) is 9.83. The van der Waals surface area contributed by atoms with Crippen LogP contribution in [0.15, 0.2) is 29.4 Å². The molecule has 1 aromatic carbocycles. The molecule has 0 N–H and O–H groups in total. The number of imidazole rings is 1. The number of fused-ring (bicyclic) bond motifs is 1. The zero-order valence-corrected chi connectivity index (χ0v) is 18.9. The number of likely N-dealkylation sites (tertiary alicyclic amines) is 1. The zero-order valence-electron chi connectivity index (χ0n) is 18.0. The predicted molar refractivity (Wildman–Crippen MR) is 117 cm³/mol. The van der Waals surface area contributed by atoms with Gasteiger partial charge >= 0.3 is 0 Å². The minimum Gasteiger partial charge on any atom is -0.373 e. The first-order valence-electron chi connectivity index (χ1n) is 10.9. The van der Waals surface area contributed by atoms with Crippen molar-refractivity contribution in [3.05, 3.63) is 24.3 Å². The van der Waals surface area contributed by atoms with Gasteiger partial charge in [0.15, 0.2) is 5.16 Å². The number of halogens is 2. The molecule has 2 aliphatic heterocycles. The number of morpholine rings is 1. The molecule has 2 unspecified atom stereocenters. The van der Waals surface area contributed by atoms with Crippen LogP contribution in [0, 0.1) is 5.92 Å². The second-order valence-electron chi connectivity index (χ2n) is 8.65. The van der Waals surface area contributed by atoms with Crippen LogP contribution in [0.2, 0.25) is 0 Å². The van der Waals surface area contributed by atoms with Crippen molar-refractivity contribution in [1.82, 2.24) is 19.4 Å². The Morgan fingerprint density at radius 2 is 1.87 bits per heavy atom. The van der Waals surface area contributed by atoms with Crippen LogP contribution in [-0.2, 0) is 16.1 Å². The van der Waals surface area contributed by atoms with Gasteiger partial charge in [-0.3, -0.25) is 9.69 Å². The third-order valence-corrected chi connectivity index (χ3v) is 6.79. The maximum atomic E-state index is 13.0. The number of carbonyl (C=O) groups is 1. The Balaban J connectivity index is 1.35. The lowest BCUT2D eigenvalue weighted by Gasteiger charge is -2.39. The number of amides is 1. The fraction of sp³-hybridized carbons (Fsp3) is 0.636. The number of nitrogens with zero attached hydrogens (tertiary/aromatic N) is 4. The van der Waals surface area contributed by atoms with Crippen LogP contribution in [-0.4, -0.2) is 75.9 Å². The molecule has 0 radical (unpaired) electrons. The average molecular weight is 453 g/mol. The maximum absolute atomic E-state index is 13.0. The van der Waals surface area contributed by atoms with Crippen molar-refractivity contribution in [1.29, 1.82) is 0 Å². The van der Waals surface area contributed by atoms with E-state index in [-0.39, 0.29) is 29.8 Å². The second-order valence-corrected chi connectivity index (χ2v) is 9.60. The first-order valence-corrected chi connectivity index (χ1v) is 11.8. The highest BCUT2D eigenvalue weighted by Crippen LogP contribution is 2.29. The highest BCUT2D eigenvalue weighted by atomic mass is 32.2. The first-order chi connectivity index (χ1) is 14.9. The van der Waals surface area contributed by atoms with E-state index >= 15 is 0 Å². The van der Waals surface area contributed by atoms with Gasteiger partial charge < -0.3 is 14.2 Å². The maximum Gasteiger partial charge on any atom is 0.291 e. The van der Waals surface area contributed by atoms with Gasteiger partial charge in [-0.15, -0.1) is 0 Å².